The number of benzene rings is 2. The number of aliphatic hydroxyl groups excluding tert-OH is 1. The van der Waals surface area contributed by atoms with E-state index in [1.165, 1.54) is 6.07 Å². The van der Waals surface area contributed by atoms with Crippen LogP contribution in [0.3, 0.4) is 0 Å². The summed E-state index contributed by atoms with van der Waals surface area (Å²) in [6, 6.07) is 11.6. The Morgan fingerprint density at radius 2 is 1.79 bits per heavy atom. The topological polar surface area (TPSA) is 85.2 Å². The number of anilines is 1. The van der Waals surface area contributed by atoms with Crippen LogP contribution < -0.4 is 5.73 Å². The minimum atomic E-state index is -4.54. The van der Waals surface area contributed by atoms with Crippen molar-refractivity contribution in [1.29, 1.82) is 0 Å². The molecule has 0 aliphatic rings. The minimum absolute atomic E-state index is 0.0533. The number of alkyl halides is 3. The Labute approximate surface area is 134 Å². The molecule has 2 aromatic carbocycles. The Hall–Kier alpha value is -2.87. The standard InChI is InChI=1S/C16H12F3N3O2/c17-16(18,19)11-6-10(7-12(20)8-11)14-21-15(24-22-14)13(23)9-4-2-1-3-5-9/h1-8,13,23H,20H2. The molecule has 0 aliphatic carbocycles. The number of rotatable bonds is 3. The highest BCUT2D eigenvalue weighted by Gasteiger charge is 2.31. The zero-order valence-corrected chi connectivity index (χ0v) is 12.2. The summed E-state index contributed by atoms with van der Waals surface area (Å²) in [7, 11) is 0. The zero-order valence-electron chi connectivity index (χ0n) is 12.2. The highest BCUT2D eigenvalue weighted by Crippen LogP contribution is 2.34. The van der Waals surface area contributed by atoms with Crippen molar-refractivity contribution in [2.75, 3.05) is 5.73 Å². The van der Waals surface area contributed by atoms with E-state index in [1.807, 2.05) is 0 Å². The van der Waals surface area contributed by atoms with Crippen LogP contribution >= 0.6 is 0 Å². The van der Waals surface area contributed by atoms with E-state index >= 15 is 0 Å². The van der Waals surface area contributed by atoms with Crippen LogP contribution in [0.4, 0.5) is 18.9 Å². The van der Waals surface area contributed by atoms with Crippen molar-refractivity contribution in [3.8, 4) is 11.4 Å². The lowest BCUT2D eigenvalue weighted by molar-refractivity contribution is -0.137. The van der Waals surface area contributed by atoms with E-state index in [1.54, 1.807) is 30.3 Å². The Bertz CT molecular complexity index is 847. The average molecular weight is 335 g/mol. The highest BCUT2D eigenvalue weighted by molar-refractivity contribution is 5.63. The number of halogens is 3. The molecule has 0 radical (unpaired) electrons. The van der Waals surface area contributed by atoms with Crippen LogP contribution in [0, 0.1) is 0 Å². The van der Waals surface area contributed by atoms with Gasteiger partial charge >= 0.3 is 6.18 Å². The predicted molar refractivity (Wildman–Crippen MR) is 79.7 cm³/mol. The second-order valence-electron chi connectivity index (χ2n) is 5.11. The molecule has 24 heavy (non-hydrogen) atoms. The van der Waals surface area contributed by atoms with Crippen LogP contribution in [0.1, 0.15) is 23.1 Å². The lowest BCUT2D eigenvalue weighted by Crippen LogP contribution is -2.06. The summed E-state index contributed by atoms with van der Waals surface area (Å²) in [5, 5.41) is 13.8. The minimum Gasteiger partial charge on any atom is -0.399 e. The molecule has 1 unspecified atom stereocenters. The van der Waals surface area contributed by atoms with Crippen molar-refractivity contribution >= 4 is 5.69 Å². The van der Waals surface area contributed by atoms with Crippen LogP contribution in [0.25, 0.3) is 11.4 Å². The Kier molecular flexibility index (Phi) is 3.98. The maximum atomic E-state index is 12.9. The van der Waals surface area contributed by atoms with Gasteiger partial charge in [-0.2, -0.15) is 18.2 Å². The molecule has 0 spiro atoms. The van der Waals surface area contributed by atoms with Crippen LogP contribution in [-0.2, 0) is 6.18 Å². The van der Waals surface area contributed by atoms with Crippen LogP contribution in [0.2, 0.25) is 0 Å². The summed E-state index contributed by atoms with van der Waals surface area (Å²) in [5.41, 5.74) is 5.11. The molecule has 0 saturated carbocycles. The zero-order chi connectivity index (χ0) is 17.3. The first-order valence-electron chi connectivity index (χ1n) is 6.89. The number of nitrogens with two attached hydrogens (primary N) is 1. The summed E-state index contributed by atoms with van der Waals surface area (Å²) >= 11 is 0. The molecule has 124 valence electrons. The van der Waals surface area contributed by atoms with Crippen molar-refractivity contribution in [3.63, 3.8) is 0 Å². The average Bonchev–Trinajstić information content (AvgIpc) is 3.03. The summed E-state index contributed by atoms with van der Waals surface area (Å²) in [6.45, 7) is 0. The van der Waals surface area contributed by atoms with Crippen LogP contribution in [-0.4, -0.2) is 15.2 Å². The number of nitrogen functional groups attached to an aromatic ring is 1. The Balaban J connectivity index is 1.95. The molecule has 3 rings (SSSR count). The summed E-state index contributed by atoms with van der Waals surface area (Å²) in [6.07, 6.45) is -5.71. The molecule has 8 heteroatoms. The van der Waals surface area contributed by atoms with Gasteiger partial charge in [0.05, 0.1) is 5.56 Å². The predicted octanol–water partition coefficient (Wildman–Crippen LogP) is 3.42. The van der Waals surface area contributed by atoms with E-state index in [2.05, 4.69) is 10.1 Å². The van der Waals surface area contributed by atoms with Gasteiger partial charge in [0.15, 0.2) is 6.10 Å². The number of nitrogens with zero attached hydrogens (tertiary/aromatic N) is 2. The summed E-state index contributed by atoms with van der Waals surface area (Å²) in [5.74, 6) is -0.204. The first-order chi connectivity index (χ1) is 11.3. The molecular formula is C16H12F3N3O2. The third-order valence-corrected chi connectivity index (χ3v) is 3.33. The number of hydrogen-bond donors (Lipinski definition) is 2. The second-order valence-corrected chi connectivity index (χ2v) is 5.11. The normalized spacial score (nSPS) is 13.0. The molecule has 3 aromatic rings. The van der Waals surface area contributed by atoms with Gasteiger partial charge in [-0.15, -0.1) is 0 Å². The molecule has 0 amide bonds. The van der Waals surface area contributed by atoms with Gasteiger partial charge in [0.2, 0.25) is 5.82 Å². The summed E-state index contributed by atoms with van der Waals surface area (Å²) < 4.78 is 43.5. The van der Waals surface area contributed by atoms with Gasteiger partial charge < -0.3 is 15.4 Å². The quantitative estimate of drug-likeness (QED) is 0.716. The Morgan fingerprint density at radius 3 is 2.46 bits per heavy atom. The van der Waals surface area contributed by atoms with Gasteiger partial charge in [-0.05, 0) is 23.8 Å². The van der Waals surface area contributed by atoms with Crippen molar-refractivity contribution in [2.24, 2.45) is 0 Å². The molecule has 1 atom stereocenters. The molecule has 3 N–H and O–H groups in total. The van der Waals surface area contributed by atoms with E-state index in [9.17, 15) is 18.3 Å². The fourth-order valence-corrected chi connectivity index (χ4v) is 2.19. The fraction of sp³-hybridized carbons (Fsp3) is 0.125. The summed E-state index contributed by atoms with van der Waals surface area (Å²) in [4.78, 5) is 3.97. The first kappa shape index (κ1) is 16.0. The van der Waals surface area contributed by atoms with Crippen molar-refractivity contribution in [1.82, 2.24) is 10.1 Å². The van der Waals surface area contributed by atoms with E-state index < -0.39 is 17.8 Å². The van der Waals surface area contributed by atoms with Crippen LogP contribution in [0.5, 0.6) is 0 Å². The fourth-order valence-electron chi connectivity index (χ4n) is 2.19. The SMILES string of the molecule is Nc1cc(-c2noc(C(O)c3ccccc3)n2)cc(C(F)(F)F)c1. The number of aromatic nitrogens is 2. The largest absolute Gasteiger partial charge is 0.416 e. The molecule has 5 nitrogen and oxygen atoms in total. The first-order valence-corrected chi connectivity index (χ1v) is 6.89. The molecular weight excluding hydrogens is 323 g/mol. The molecule has 0 saturated heterocycles. The smallest absolute Gasteiger partial charge is 0.399 e. The lowest BCUT2D eigenvalue weighted by atomic mass is 10.1. The van der Waals surface area contributed by atoms with Crippen molar-refractivity contribution < 1.29 is 22.8 Å². The molecule has 1 aromatic heterocycles. The van der Waals surface area contributed by atoms with Gasteiger partial charge in [0, 0.05) is 11.3 Å². The number of aliphatic hydroxyl groups is 1. The third-order valence-electron chi connectivity index (χ3n) is 3.33. The Morgan fingerprint density at radius 1 is 1.08 bits per heavy atom. The third kappa shape index (κ3) is 3.23. The van der Waals surface area contributed by atoms with Gasteiger partial charge in [-0.1, -0.05) is 35.5 Å². The van der Waals surface area contributed by atoms with Gasteiger partial charge in [0.1, 0.15) is 0 Å². The lowest BCUT2D eigenvalue weighted by Gasteiger charge is -2.08. The van der Waals surface area contributed by atoms with E-state index in [-0.39, 0.29) is 23.0 Å². The molecule has 1 heterocycles. The highest BCUT2D eigenvalue weighted by atomic mass is 19.4. The van der Waals surface area contributed by atoms with E-state index in [4.69, 9.17) is 10.3 Å². The van der Waals surface area contributed by atoms with Gasteiger partial charge in [-0.25, -0.2) is 0 Å². The van der Waals surface area contributed by atoms with Crippen molar-refractivity contribution in [3.05, 3.63) is 65.5 Å². The monoisotopic (exact) mass is 335 g/mol. The molecule has 0 aliphatic heterocycles. The second kappa shape index (κ2) is 5.97. The maximum absolute atomic E-state index is 12.9. The number of hydrogen-bond acceptors (Lipinski definition) is 5. The van der Waals surface area contributed by atoms with Gasteiger partial charge in [-0.3, -0.25) is 0 Å². The maximum Gasteiger partial charge on any atom is 0.416 e. The molecule has 0 bridgehead atoms. The van der Waals surface area contributed by atoms with E-state index in [0.29, 0.717) is 5.56 Å². The van der Waals surface area contributed by atoms with Crippen molar-refractivity contribution in [2.45, 2.75) is 12.3 Å². The molecule has 0 fully saturated rings. The van der Waals surface area contributed by atoms with Gasteiger partial charge in [0.25, 0.3) is 5.89 Å². The van der Waals surface area contributed by atoms with Crippen LogP contribution in [0.15, 0.2) is 53.1 Å². The van der Waals surface area contributed by atoms with E-state index in [0.717, 1.165) is 12.1 Å².